The minimum Gasteiger partial charge on any atom is -0.497 e. The maximum atomic E-state index is 5.66. The van der Waals surface area contributed by atoms with E-state index in [4.69, 9.17) is 10.5 Å². The molecule has 2 aromatic rings. The number of benzene rings is 1. The van der Waals surface area contributed by atoms with Crippen LogP contribution in [0, 0.1) is 5.92 Å². The molecular formula is C16H21N5O. The zero-order chi connectivity index (χ0) is 15.4. The van der Waals surface area contributed by atoms with Crippen LogP contribution in [-0.4, -0.2) is 43.3 Å². The summed E-state index contributed by atoms with van der Waals surface area (Å²) in [5.74, 6) is 2.07. The molecule has 2 aliphatic heterocycles. The fourth-order valence-corrected chi connectivity index (χ4v) is 2.75. The molecule has 0 saturated carbocycles. The van der Waals surface area contributed by atoms with E-state index in [9.17, 15) is 0 Å². The Labute approximate surface area is 129 Å². The highest BCUT2D eigenvalue weighted by molar-refractivity contribution is 5.88. The number of aromatic nitrogens is 2. The molecule has 0 radical (unpaired) electrons. The Kier molecular flexibility index (Phi) is 4.50. The summed E-state index contributed by atoms with van der Waals surface area (Å²) in [6.07, 6.45) is 3.76. The van der Waals surface area contributed by atoms with Crippen molar-refractivity contribution in [1.82, 2.24) is 20.6 Å². The van der Waals surface area contributed by atoms with Gasteiger partial charge in [-0.3, -0.25) is 0 Å². The van der Waals surface area contributed by atoms with Crippen LogP contribution < -0.4 is 21.1 Å². The van der Waals surface area contributed by atoms with Gasteiger partial charge < -0.3 is 21.1 Å². The van der Waals surface area contributed by atoms with Gasteiger partial charge in [0.1, 0.15) is 17.9 Å². The van der Waals surface area contributed by atoms with Crippen LogP contribution in [0.15, 0.2) is 36.2 Å². The highest BCUT2D eigenvalue weighted by Crippen LogP contribution is 2.21. The van der Waals surface area contributed by atoms with Crippen LogP contribution in [0.5, 0.6) is 5.75 Å². The van der Waals surface area contributed by atoms with E-state index in [1.165, 1.54) is 19.4 Å². The van der Waals surface area contributed by atoms with Crippen molar-refractivity contribution in [2.24, 2.45) is 5.92 Å². The SMILES string of the molecule is C1=C2CNCC2CNC1.COc1ccc2c(N)ncnc2c1. The first-order valence-electron chi connectivity index (χ1n) is 7.42. The molecule has 1 saturated heterocycles. The summed E-state index contributed by atoms with van der Waals surface area (Å²) in [4.78, 5) is 7.97. The van der Waals surface area contributed by atoms with Gasteiger partial charge in [0.05, 0.1) is 12.6 Å². The topological polar surface area (TPSA) is 85.1 Å². The lowest BCUT2D eigenvalue weighted by Gasteiger charge is -2.16. The zero-order valence-corrected chi connectivity index (χ0v) is 12.7. The molecular weight excluding hydrogens is 278 g/mol. The monoisotopic (exact) mass is 299 g/mol. The van der Waals surface area contributed by atoms with Crippen molar-refractivity contribution < 1.29 is 4.74 Å². The molecule has 3 heterocycles. The Bertz CT molecular complexity index is 685. The zero-order valence-electron chi connectivity index (χ0n) is 12.7. The lowest BCUT2D eigenvalue weighted by atomic mass is 10.0. The van der Waals surface area contributed by atoms with Gasteiger partial charge in [-0.2, -0.15) is 0 Å². The van der Waals surface area contributed by atoms with Gasteiger partial charge in [-0.25, -0.2) is 9.97 Å². The van der Waals surface area contributed by atoms with E-state index >= 15 is 0 Å². The number of nitrogen functional groups attached to an aromatic ring is 1. The molecule has 116 valence electrons. The second-order valence-corrected chi connectivity index (χ2v) is 5.41. The van der Waals surface area contributed by atoms with Gasteiger partial charge in [-0.1, -0.05) is 11.6 Å². The molecule has 6 heteroatoms. The van der Waals surface area contributed by atoms with Gasteiger partial charge in [0.25, 0.3) is 0 Å². The van der Waals surface area contributed by atoms with E-state index in [1.54, 1.807) is 12.7 Å². The summed E-state index contributed by atoms with van der Waals surface area (Å²) in [6, 6.07) is 5.51. The summed E-state index contributed by atoms with van der Waals surface area (Å²) in [6.45, 7) is 4.57. The summed E-state index contributed by atoms with van der Waals surface area (Å²) >= 11 is 0. The fraction of sp³-hybridized carbons (Fsp3) is 0.375. The van der Waals surface area contributed by atoms with Gasteiger partial charge in [0.15, 0.2) is 0 Å². The predicted molar refractivity (Wildman–Crippen MR) is 87.8 cm³/mol. The van der Waals surface area contributed by atoms with Crippen molar-refractivity contribution in [3.05, 3.63) is 36.2 Å². The van der Waals surface area contributed by atoms with Crippen LogP contribution in [-0.2, 0) is 0 Å². The van der Waals surface area contributed by atoms with Gasteiger partial charge in [0, 0.05) is 43.5 Å². The Hall–Kier alpha value is -2.18. The van der Waals surface area contributed by atoms with Crippen LogP contribution in [0.2, 0.25) is 0 Å². The van der Waals surface area contributed by atoms with Crippen molar-refractivity contribution in [1.29, 1.82) is 0 Å². The van der Waals surface area contributed by atoms with E-state index in [1.807, 2.05) is 18.2 Å². The molecule has 4 N–H and O–H groups in total. The Morgan fingerprint density at radius 2 is 2.09 bits per heavy atom. The number of anilines is 1. The summed E-state index contributed by atoms with van der Waals surface area (Å²) in [5.41, 5.74) is 8.07. The number of hydrogen-bond donors (Lipinski definition) is 3. The number of hydrogen-bond acceptors (Lipinski definition) is 6. The average molecular weight is 299 g/mol. The summed E-state index contributed by atoms with van der Waals surface area (Å²) in [5, 5.41) is 7.55. The molecule has 22 heavy (non-hydrogen) atoms. The molecule has 1 fully saturated rings. The van der Waals surface area contributed by atoms with Crippen LogP contribution in [0.1, 0.15) is 0 Å². The highest BCUT2D eigenvalue weighted by Gasteiger charge is 2.21. The average Bonchev–Trinajstić information content (AvgIpc) is 3.04. The molecule has 6 nitrogen and oxygen atoms in total. The number of ether oxygens (including phenoxy) is 1. The number of nitrogens with one attached hydrogen (secondary N) is 2. The van der Waals surface area contributed by atoms with Crippen molar-refractivity contribution >= 4 is 16.7 Å². The minimum absolute atomic E-state index is 0.493. The van der Waals surface area contributed by atoms with Crippen molar-refractivity contribution in [2.45, 2.75) is 0 Å². The normalized spacial score (nSPS) is 19.9. The second kappa shape index (κ2) is 6.72. The van der Waals surface area contributed by atoms with E-state index in [-0.39, 0.29) is 0 Å². The Morgan fingerprint density at radius 3 is 2.91 bits per heavy atom. The van der Waals surface area contributed by atoms with Crippen molar-refractivity contribution in [2.75, 3.05) is 39.0 Å². The summed E-state index contributed by atoms with van der Waals surface area (Å²) < 4.78 is 5.06. The van der Waals surface area contributed by atoms with Gasteiger partial charge in [0.2, 0.25) is 0 Å². The van der Waals surface area contributed by atoms with E-state index in [0.717, 1.165) is 35.7 Å². The minimum atomic E-state index is 0.493. The quantitative estimate of drug-likeness (QED) is 0.680. The fourth-order valence-electron chi connectivity index (χ4n) is 2.75. The molecule has 2 aliphatic rings. The van der Waals surface area contributed by atoms with Crippen molar-refractivity contribution in [3.8, 4) is 5.75 Å². The molecule has 0 amide bonds. The standard InChI is InChI=1S/C9H9N3O.C7H12N2/c1-13-6-2-3-7-8(4-6)11-5-12-9(7)10;1-2-8-4-7-5-9-3-6(1)7/h2-5H,1H3,(H2,10,11,12);1,7-9H,2-5H2. The number of nitrogens with zero attached hydrogens (tertiary/aromatic N) is 2. The summed E-state index contributed by atoms with van der Waals surface area (Å²) in [7, 11) is 1.62. The number of methoxy groups -OCH3 is 1. The van der Waals surface area contributed by atoms with Crippen LogP contribution >= 0.6 is 0 Å². The number of fused-ring (bicyclic) bond motifs is 2. The number of rotatable bonds is 1. The van der Waals surface area contributed by atoms with E-state index in [2.05, 4.69) is 26.7 Å². The van der Waals surface area contributed by atoms with Gasteiger partial charge in [-0.15, -0.1) is 0 Å². The highest BCUT2D eigenvalue weighted by atomic mass is 16.5. The van der Waals surface area contributed by atoms with Crippen LogP contribution in [0.3, 0.4) is 0 Å². The third-order valence-electron chi connectivity index (χ3n) is 4.02. The first-order valence-corrected chi connectivity index (χ1v) is 7.42. The number of nitrogens with two attached hydrogens (primary N) is 1. The van der Waals surface area contributed by atoms with Crippen LogP contribution in [0.4, 0.5) is 5.82 Å². The van der Waals surface area contributed by atoms with E-state index in [0.29, 0.717) is 5.82 Å². The second-order valence-electron chi connectivity index (χ2n) is 5.41. The lowest BCUT2D eigenvalue weighted by Crippen LogP contribution is -2.29. The Balaban J connectivity index is 0.000000139. The third kappa shape index (κ3) is 3.18. The van der Waals surface area contributed by atoms with Crippen LogP contribution in [0.25, 0.3) is 10.9 Å². The molecule has 1 aromatic heterocycles. The third-order valence-corrected chi connectivity index (χ3v) is 4.02. The first kappa shape index (κ1) is 14.7. The van der Waals surface area contributed by atoms with Gasteiger partial charge in [-0.05, 0) is 12.1 Å². The molecule has 0 bridgehead atoms. The molecule has 0 spiro atoms. The largest absolute Gasteiger partial charge is 0.497 e. The lowest BCUT2D eigenvalue weighted by molar-refractivity contribution is 0.415. The first-order chi connectivity index (χ1) is 10.8. The maximum Gasteiger partial charge on any atom is 0.134 e. The van der Waals surface area contributed by atoms with Crippen molar-refractivity contribution in [3.63, 3.8) is 0 Å². The maximum absolute atomic E-state index is 5.66. The molecule has 0 aliphatic carbocycles. The van der Waals surface area contributed by atoms with Gasteiger partial charge >= 0.3 is 0 Å². The molecule has 1 atom stereocenters. The van der Waals surface area contributed by atoms with E-state index < -0.39 is 0 Å². The molecule has 1 unspecified atom stereocenters. The smallest absolute Gasteiger partial charge is 0.134 e. The Morgan fingerprint density at radius 1 is 1.23 bits per heavy atom. The predicted octanol–water partition coefficient (Wildman–Crippen LogP) is 0.956. The molecule has 4 rings (SSSR count). The molecule has 1 aromatic carbocycles.